The first-order valence-electron chi connectivity index (χ1n) is 5.12. The molecule has 1 atom stereocenters. The van der Waals surface area contributed by atoms with E-state index in [1.54, 1.807) is 0 Å². The summed E-state index contributed by atoms with van der Waals surface area (Å²) in [6.45, 7) is 11.8. The first-order valence-corrected chi connectivity index (χ1v) is 5.12. The van der Waals surface area contributed by atoms with E-state index in [0.29, 0.717) is 0 Å². The van der Waals surface area contributed by atoms with Gasteiger partial charge in [-0.25, -0.2) is 0 Å². The van der Waals surface area contributed by atoms with E-state index < -0.39 is 11.0 Å². The van der Waals surface area contributed by atoms with E-state index in [2.05, 4.69) is 13.5 Å². The van der Waals surface area contributed by atoms with Crippen molar-refractivity contribution in [1.82, 2.24) is 0 Å². The molecule has 2 heteroatoms. The van der Waals surface area contributed by atoms with E-state index in [-0.39, 0.29) is 23.1 Å². The summed E-state index contributed by atoms with van der Waals surface area (Å²) in [5.74, 6) is 0. The van der Waals surface area contributed by atoms with Crippen LogP contribution in [0.4, 0.5) is 0 Å². The van der Waals surface area contributed by atoms with Crippen LogP contribution in [0.3, 0.4) is 0 Å². The normalized spacial score (nSPS) is 24.6. The fourth-order valence-corrected chi connectivity index (χ4v) is 2.06. The van der Waals surface area contributed by atoms with E-state index in [9.17, 15) is 5.11 Å². The van der Waals surface area contributed by atoms with Crippen molar-refractivity contribution >= 4 is 23.1 Å². The predicted molar refractivity (Wildman–Crippen MR) is 59.8 cm³/mol. The molecular formula is C12H20MgO. The summed E-state index contributed by atoms with van der Waals surface area (Å²) in [6, 6.07) is 0. The Labute approximate surface area is 104 Å². The number of hydrogen-bond donors (Lipinski definition) is 0. The van der Waals surface area contributed by atoms with Crippen molar-refractivity contribution in [2.45, 2.75) is 51.6 Å². The molecule has 0 spiro atoms. The summed E-state index contributed by atoms with van der Waals surface area (Å²) >= 11 is 0. The quantitative estimate of drug-likeness (QED) is 0.384. The van der Waals surface area contributed by atoms with Crippen LogP contribution in [0.25, 0.3) is 0 Å². The van der Waals surface area contributed by atoms with Crippen LogP contribution in [-0.2, 0) is 0 Å². The van der Waals surface area contributed by atoms with Gasteiger partial charge in [-0.1, -0.05) is 39.0 Å². The molecule has 1 nitrogen and oxygen atoms in total. The van der Waals surface area contributed by atoms with Gasteiger partial charge < -0.3 is 12.0 Å². The molecule has 0 aromatic rings. The van der Waals surface area contributed by atoms with E-state index in [4.69, 9.17) is 0 Å². The first kappa shape index (κ1) is 14.5. The monoisotopic (exact) mass is 204 g/mol. The smallest absolute Gasteiger partial charge is 0.851 e. The molecule has 0 aliphatic heterocycles. The summed E-state index contributed by atoms with van der Waals surface area (Å²) in [6.07, 6.45) is 4.85. The minimum atomic E-state index is -0.864. The van der Waals surface area contributed by atoms with Gasteiger partial charge in [0.25, 0.3) is 0 Å². The van der Waals surface area contributed by atoms with Gasteiger partial charge in [0.2, 0.25) is 0 Å². The molecule has 1 unspecified atom stereocenters. The van der Waals surface area contributed by atoms with Gasteiger partial charge in [0.1, 0.15) is 0 Å². The van der Waals surface area contributed by atoms with Gasteiger partial charge in [-0.05, 0) is 6.92 Å². The molecule has 1 saturated carbocycles. The Morgan fingerprint density at radius 1 is 1.36 bits per heavy atom. The van der Waals surface area contributed by atoms with Crippen LogP contribution in [0, 0.1) is 12.3 Å². The molecular weight excluding hydrogens is 184 g/mol. The van der Waals surface area contributed by atoms with Crippen LogP contribution >= 0.6 is 0 Å². The van der Waals surface area contributed by atoms with Crippen LogP contribution in [0.15, 0.2) is 12.2 Å². The second kappa shape index (κ2) is 5.00. The molecule has 1 aliphatic rings. The summed E-state index contributed by atoms with van der Waals surface area (Å²) in [5, 5.41) is 12.5. The molecule has 0 aromatic heterocycles. The Bertz CT molecular complexity index is 202. The molecule has 0 amide bonds. The van der Waals surface area contributed by atoms with Crippen LogP contribution in [0.5, 0.6) is 0 Å². The third-order valence-corrected chi connectivity index (χ3v) is 3.61. The summed E-state index contributed by atoms with van der Waals surface area (Å²) in [4.78, 5) is 0. The van der Waals surface area contributed by atoms with Gasteiger partial charge in [0, 0.05) is 0 Å². The molecule has 0 heterocycles. The van der Waals surface area contributed by atoms with Crippen molar-refractivity contribution in [3.63, 3.8) is 0 Å². The van der Waals surface area contributed by atoms with Gasteiger partial charge >= 0.3 is 23.1 Å². The molecule has 0 bridgehead atoms. The molecule has 0 radical (unpaired) electrons. The molecule has 1 aliphatic carbocycles. The van der Waals surface area contributed by atoms with Crippen molar-refractivity contribution < 1.29 is 5.11 Å². The fraction of sp³-hybridized carbons (Fsp3) is 0.750. The molecule has 76 valence electrons. The van der Waals surface area contributed by atoms with Crippen molar-refractivity contribution in [2.75, 3.05) is 0 Å². The van der Waals surface area contributed by atoms with Crippen molar-refractivity contribution in [3.05, 3.63) is 19.1 Å². The second-order valence-corrected chi connectivity index (χ2v) is 4.67. The first-order chi connectivity index (χ1) is 5.90. The Kier molecular flexibility index (Phi) is 5.16. The largest absolute Gasteiger partial charge is 2.00 e. The molecule has 0 saturated heterocycles. The van der Waals surface area contributed by atoms with Crippen molar-refractivity contribution in [2.24, 2.45) is 5.41 Å². The van der Waals surface area contributed by atoms with Crippen molar-refractivity contribution in [3.8, 4) is 0 Å². The minimum absolute atomic E-state index is 0. The summed E-state index contributed by atoms with van der Waals surface area (Å²) in [7, 11) is 0. The third kappa shape index (κ3) is 2.53. The number of rotatable bonds is 2. The third-order valence-electron chi connectivity index (χ3n) is 3.61. The average molecular weight is 205 g/mol. The van der Waals surface area contributed by atoms with Crippen molar-refractivity contribution in [1.29, 1.82) is 0 Å². The van der Waals surface area contributed by atoms with Gasteiger partial charge in [0.05, 0.1) is 0 Å². The Morgan fingerprint density at radius 2 is 1.79 bits per heavy atom. The maximum atomic E-state index is 12.5. The van der Waals surface area contributed by atoms with Gasteiger partial charge in [-0.3, -0.25) is 0 Å². The zero-order valence-electron chi connectivity index (χ0n) is 9.57. The van der Waals surface area contributed by atoms with Crippen LogP contribution in [0.2, 0.25) is 0 Å². The summed E-state index contributed by atoms with van der Waals surface area (Å²) < 4.78 is 0. The van der Waals surface area contributed by atoms with Gasteiger partial charge in [0.15, 0.2) is 0 Å². The molecule has 1 rings (SSSR count). The fourth-order valence-electron chi connectivity index (χ4n) is 2.06. The zero-order valence-corrected chi connectivity index (χ0v) is 11.0. The van der Waals surface area contributed by atoms with E-state index in [0.717, 1.165) is 31.3 Å². The molecule has 14 heavy (non-hydrogen) atoms. The van der Waals surface area contributed by atoms with Crippen LogP contribution < -0.4 is 5.11 Å². The van der Waals surface area contributed by atoms with Gasteiger partial charge in [-0.2, -0.15) is 0 Å². The predicted octanol–water partition coefficient (Wildman–Crippen LogP) is 2.09. The summed E-state index contributed by atoms with van der Waals surface area (Å²) in [5.41, 5.74) is -0.436. The maximum Gasteiger partial charge on any atom is 2.00 e. The number of hydrogen-bond acceptors (Lipinski definition) is 1. The maximum absolute atomic E-state index is 12.5. The SMILES string of the molecule is C=C(C)C([CH2-])(C)C1([O-])CCCCC1.[Mg+2]. The Morgan fingerprint density at radius 3 is 2.14 bits per heavy atom. The standard InChI is InChI=1S/C12H20O.Mg/c1-10(2)11(3,4)12(13)8-6-5-7-9-12;/h1,3,5-9H2,2,4H3;/q-2;+2. The topological polar surface area (TPSA) is 23.1 Å². The van der Waals surface area contributed by atoms with E-state index >= 15 is 0 Å². The molecule has 0 N–H and O–H groups in total. The second-order valence-electron chi connectivity index (χ2n) is 4.67. The zero-order chi connectivity index (χ0) is 10.1. The Hall–Kier alpha value is 0.466. The average Bonchev–Trinajstić information content (AvgIpc) is 2.05. The van der Waals surface area contributed by atoms with Crippen LogP contribution in [0.1, 0.15) is 46.0 Å². The minimum Gasteiger partial charge on any atom is -0.851 e. The molecule has 0 aromatic carbocycles. The van der Waals surface area contributed by atoms with E-state index in [1.807, 2.05) is 13.8 Å². The van der Waals surface area contributed by atoms with Gasteiger partial charge in [-0.15, -0.1) is 23.2 Å². The Balaban J connectivity index is 0.00000169. The van der Waals surface area contributed by atoms with Crippen LogP contribution in [-0.4, -0.2) is 28.7 Å². The molecule has 1 fully saturated rings. The van der Waals surface area contributed by atoms with E-state index in [1.165, 1.54) is 6.42 Å².